The average Bonchev–Trinajstić information content (AvgIpc) is 2.43. The fourth-order valence-electron chi connectivity index (χ4n) is 1.93. The molecule has 0 amide bonds. The smallest absolute Gasteiger partial charge is 0.242 e. The first-order valence-corrected chi connectivity index (χ1v) is 8.13. The molecule has 4 N–H and O–H groups in total. The molecule has 20 heavy (non-hydrogen) atoms. The number of unbranched alkanes of at least 4 members (excludes halogenated alkanes) is 1. The van der Waals surface area contributed by atoms with Gasteiger partial charge in [0.15, 0.2) is 0 Å². The minimum absolute atomic E-state index is 0.0418. The number of aliphatic hydroxyl groups is 1. The lowest BCUT2D eigenvalue weighted by Gasteiger charge is -2.24. The molecule has 0 radical (unpaired) electrons. The number of sulfonamides is 1. The maximum absolute atomic E-state index is 11.8. The van der Waals surface area contributed by atoms with Crippen LogP contribution in [0.3, 0.4) is 0 Å². The first kappa shape index (κ1) is 16.7. The van der Waals surface area contributed by atoms with Crippen LogP contribution in [0.15, 0.2) is 23.1 Å². The van der Waals surface area contributed by atoms with Gasteiger partial charge in [0, 0.05) is 18.8 Å². The lowest BCUT2D eigenvalue weighted by molar-refractivity contribution is 0.301. The summed E-state index contributed by atoms with van der Waals surface area (Å²) in [6.07, 6.45) is 2.04. The highest BCUT2D eigenvalue weighted by Gasteiger charge is 2.16. The standard InChI is InChI=1S/C13H23N3O3S/c1-3-4-7-16(8-9-17)11-5-6-13(12(14)10-11)20(18,19)15-2/h5-6,10,15,17H,3-4,7-9,14H2,1-2H3. The number of aliphatic hydroxyl groups excluding tert-OH is 1. The molecule has 0 heterocycles. The number of hydrogen-bond acceptors (Lipinski definition) is 5. The molecule has 1 aromatic carbocycles. The molecule has 0 bridgehead atoms. The third-order valence-electron chi connectivity index (χ3n) is 3.07. The number of nitrogens with zero attached hydrogens (tertiary/aromatic N) is 1. The molecule has 0 atom stereocenters. The van der Waals surface area contributed by atoms with Crippen molar-refractivity contribution in [1.82, 2.24) is 4.72 Å². The Morgan fingerprint density at radius 3 is 2.55 bits per heavy atom. The van der Waals surface area contributed by atoms with Crippen molar-refractivity contribution in [2.75, 3.05) is 37.4 Å². The molecule has 0 saturated carbocycles. The van der Waals surface area contributed by atoms with E-state index in [0.717, 1.165) is 25.1 Å². The molecule has 0 unspecified atom stereocenters. The van der Waals surface area contributed by atoms with Crippen molar-refractivity contribution < 1.29 is 13.5 Å². The third-order valence-corrected chi connectivity index (χ3v) is 4.56. The van der Waals surface area contributed by atoms with E-state index in [1.165, 1.54) is 13.1 Å². The fraction of sp³-hybridized carbons (Fsp3) is 0.538. The van der Waals surface area contributed by atoms with Crippen LogP contribution in [0.5, 0.6) is 0 Å². The van der Waals surface area contributed by atoms with Crippen molar-refractivity contribution in [3.63, 3.8) is 0 Å². The molecule has 0 fully saturated rings. The van der Waals surface area contributed by atoms with Crippen LogP contribution in [0.25, 0.3) is 0 Å². The zero-order valence-electron chi connectivity index (χ0n) is 12.0. The lowest BCUT2D eigenvalue weighted by atomic mass is 10.2. The number of nitrogens with one attached hydrogen (secondary N) is 1. The second-order valence-corrected chi connectivity index (χ2v) is 6.35. The largest absolute Gasteiger partial charge is 0.398 e. The van der Waals surface area contributed by atoms with Gasteiger partial charge in [-0.1, -0.05) is 13.3 Å². The molecule has 1 rings (SSSR count). The van der Waals surface area contributed by atoms with E-state index in [2.05, 4.69) is 11.6 Å². The molecular weight excluding hydrogens is 278 g/mol. The van der Waals surface area contributed by atoms with Gasteiger partial charge in [-0.25, -0.2) is 13.1 Å². The van der Waals surface area contributed by atoms with E-state index < -0.39 is 10.0 Å². The van der Waals surface area contributed by atoms with Crippen LogP contribution in [0, 0.1) is 0 Å². The van der Waals surface area contributed by atoms with Crippen molar-refractivity contribution in [1.29, 1.82) is 0 Å². The average molecular weight is 301 g/mol. The Hall–Kier alpha value is -1.31. The molecule has 114 valence electrons. The van der Waals surface area contributed by atoms with E-state index in [-0.39, 0.29) is 17.2 Å². The van der Waals surface area contributed by atoms with E-state index in [1.54, 1.807) is 12.1 Å². The Morgan fingerprint density at radius 2 is 2.05 bits per heavy atom. The Morgan fingerprint density at radius 1 is 1.35 bits per heavy atom. The third kappa shape index (κ3) is 4.09. The highest BCUT2D eigenvalue weighted by atomic mass is 32.2. The molecule has 0 aliphatic heterocycles. The van der Waals surface area contributed by atoms with Crippen molar-refractivity contribution >= 4 is 21.4 Å². The summed E-state index contributed by atoms with van der Waals surface area (Å²) in [7, 11) is -2.19. The summed E-state index contributed by atoms with van der Waals surface area (Å²) in [5.74, 6) is 0. The van der Waals surface area contributed by atoms with Gasteiger partial charge in [-0.2, -0.15) is 0 Å². The Bertz CT molecular complexity index is 532. The van der Waals surface area contributed by atoms with Crippen LogP contribution >= 0.6 is 0 Å². The topological polar surface area (TPSA) is 95.7 Å². The van der Waals surface area contributed by atoms with E-state index in [0.29, 0.717) is 6.54 Å². The first-order valence-electron chi connectivity index (χ1n) is 6.65. The summed E-state index contributed by atoms with van der Waals surface area (Å²) in [6, 6.07) is 4.84. The fourth-order valence-corrected chi connectivity index (χ4v) is 2.76. The van der Waals surface area contributed by atoms with Gasteiger partial charge in [-0.05, 0) is 31.7 Å². The van der Waals surface area contributed by atoms with Crippen molar-refractivity contribution in [3.05, 3.63) is 18.2 Å². The van der Waals surface area contributed by atoms with E-state index in [9.17, 15) is 8.42 Å². The van der Waals surface area contributed by atoms with Gasteiger partial charge in [-0.15, -0.1) is 0 Å². The number of rotatable bonds is 8. The summed E-state index contributed by atoms with van der Waals surface area (Å²) in [4.78, 5) is 2.07. The lowest BCUT2D eigenvalue weighted by Crippen LogP contribution is -2.28. The number of benzene rings is 1. The molecule has 0 aliphatic rings. The highest BCUT2D eigenvalue weighted by Crippen LogP contribution is 2.25. The van der Waals surface area contributed by atoms with Gasteiger partial charge >= 0.3 is 0 Å². The molecule has 1 aromatic rings. The first-order chi connectivity index (χ1) is 9.46. The van der Waals surface area contributed by atoms with E-state index in [1.807, 2.05) is 4.90 Å². The predicted octanol–water partition coefficient (Wildman–Crippen LogP) is 0.776. The zero-order valence-corrected chi connectivity index (χ0v) is 12.8. The summed E-state index contributed by atoms with van der Waals surface area (Å²) in [5, 5.41) is 9.11. The summed E-state index contributed by atoms with van der Waals surface area (Å²) in [5.41, 5.74) is 6.86. The quantitative estimate of drug-likeness (QED) is 0.617. The number of hydrogen-bond donors (Lipinski definition) is 3. The van der Waals surface area contributed by atoms with Gasteiger partial charge in [0.1, 0.15) is 4.90 Å². The number of nitrogens with two attached hydrogens (primary N) is 1. The zero-order chi connectivity index (χ0) is 15.2. The van der Waals surface area contributed by atoms with E-state index in [4.69, 9.17) is 10.8 Å². The molecule has 0 spiro atoms. The number of nitrogen functional groups attached to an aromatic ring is 1. The van der Waals surface area contributed by atoms with Gasteiger partial charge in [0.25, 0.3) is 0 Å². The van der Waals surface area contributed by atoms with Crippen LogP contribution in [0.2, 0.25) is 0 Å². The van der Waals surface area contributed by atoms with Crippen LogP contribution in [-0.2, 0) is 10.0 Å². The molecular formula is C13H23N3O3S. The van der Waals surface area contributed by atoms with Gasteiger partial charge in [0.2, 0.25) is 10.0 Å². The highest BCUT2D eigenvalue weighted by molar-refractivity contribution is 7.89. The number of anilines is 2. The minimum atomic E-state index is -3.54. The monoisotopic (exact) mass is 301 g/mol. The second-order valence-electron chi connectivity index (χ2n) is 4.49. The molecule has 6 nitrogen and oxygen atoms in total. The van der Waals surface area contributed by atoms with E-state index >= 15 is 0 Å². The molecule has 7 heteroatoms. The Labute approximate surface area is 120 Å². The predicted molar refractivity (Wildman–Crippen MR) is 81.3 cm³/mol. The van der Waals surface area contributed by atoms with Crippen molar-refractivity contribution in [3.8, 4) is 0 Å². The minimum Gasteiger partial charge on any atom is -0.398 e. The summed E-state index contributed by atoms with van der Waals surface area (Å²) >= 11 is 0. The maximum Gasteiger partial charge on any atom is 0.242 e. The van der Waals surface area contributed by atoms with Crippen LogP contribution in [0.1, 0.15) is 19.8 Å². The maximum atomic E-state index is 11.8. The van der Waals surface area contributed by atoms with Gasteiger partial charge in [-0.3, -0.25) is 0 Å². The van der Waals surface area contributed by atoms with Crippen LogP contribution < -0.4 is 15.4 Å². The van der Waals surface area contributed by atoms with Gasteiger partial charge in [0.05, 0.1) is 12.3 Å². The normalized spacial score (nSPS) is 11.6. The van der Waals surface area contributed by atoms with Crippen molar-refractivity contribution in [2.45, 2.75) is 24.7 Å². The Kier molecular flexibility index (Phi) is 6.25. The van der Waals surface area contributed by atoms with Gasteiger partial charge < -0.3 is 15.7 Å². The molecule has 0 aromatic heterocycles. The van der Waals surface area contributed by atoms with Crippen molar-refractivity contribution in [2.24, 2.45) is 0 Å². The molecule has 0 aliphatic carbocycles. The molecule has 0 saturated heterocycles. The summed E-state index contributed by atoms with van der Waals surface area (Å²) in [6.45, 7) is 3.43. The summed E-state index contributed by atoms with van der Waals surface area (Å²) < 4.78 is 25.8. The van der Waals surface area contributed by atoms with Crippen LogP contribution in [-0.4, -0.2) is 40.3 Å². The van der Waals surface area contributed by atoms with Crippen LogP contribution in [0.4, 0.5) is 11.4 Å². The second kappa shape index (κ2) is 7.47. The SMILES string of the molecule is CCCCN(CCO)c1ccc(S(=O)(=O)NC)c(N)c1. The Balaban J connectivity index is 3.05.